The summed E-state index contributed by atoms with van der Waals surface area (Å²) < 4.78 is 8.55. The Labute approximate surface area is 200 Å². The molecule has 4 aromatic rings. The van der Waals surface area contributed by atoms with Gasteiger partial charge in [0, 0.05) is 44.3 Å². The quantitative estimate of drug-likeness (QED) is 0.352. The topological polar surface area (TPSA) is 50.6 Å². The Morgan fingerprint density at radius 1 is 0.941 bits per heavy atom. The van der Waals surface area contributed by atoms with E-state index in [9.17, 15) is 4.79 Å². The van der Waals surface area contributed by atoms with E-state index in [0.29, 0.717) is 0 Å². The van der Waals surface area contributed by atoms with Gasteiger partial charge < -0.3 is 19.1 Å². The van der Waals surface area contributed by atoms with Crippen molar-refractivity contribution >= 4 is 22.9 Å². The predicted octanol–water partition coefficient (Wildman–Crippen LogP) is 4.40. The Morgan fingerprint density at radius 3 is 2.50 bits per heavy atom. The van der Waals surface area contributed by atoms with Crippen molar-refractivity contribution in [3.8, 4) is 5.75 Å². The summed E-state index contributed by atoms with van der Waals surface area (Å²) in [5.74, 6) is 0.873. The third-order valence-electron chi connectivity index (χ3n) is 6.56. The minimum atomic E-state index is 0.0233. The number of nitrogens with zero attached hydrogens (tertiary/aromatic N) is 4. The van der Waals surface area contributed by atoms with Crippen LogP contribution < -0.4 is 9.64 Å². The fourth-order valence-corrected chi connectivity index (χ4v) is 4.66. The zero-order chi connectivity index (χ0) is 23.2. The van der Waals surface area contributed by atoms with E-state index >= 15 is 0 Å². The highest BCUT2D eigenvalue weighted by Gasteiger charge is 2.17. The Hall–Kier alpha value is -3.80. The van der Waals surface area contributed by atoms with Gasteiger partial charge in [0.15, 0.2) is 0 Å². The highest BCUT2D eigenvalue weighted by molar-refractivity contribution is 5.85. The molecule has 0 radical (unpaired) electrons. The number of benzene rings is 3. The first-order valence-corrected chi connectivity index (χ1v) is 11.9. The molecule has 0 bridgehead atoms. The van der Waals surface area contributed by atoms with Gasteiger partial charge in [-0.1, -0.05) is 42.5 Å². The number of aryl methyl sites for hydroxylation is 1. The minimum Gasteiger partial charge on any atom is -0.489 e. The summed E-state index contributed by atoms with van der Waals surface area (Å²) in [5, 5.41) is 2.59. The van der Waals surface area contributed by atoms with Crippen LogP contribution in [0.1, 0.15) is 12.0 Å². The van der Waals surface area contributed by atoms with Crippen LogP contribution in [-0.2, 0) is 17.8 Å². The summed E-state index contributed by atoms with van der Waals surface area (Å²) in [6.07, 6.45) is 8.44. The number of carbonyl (C=O) groups is 1. The molecule has 34 heavy (non-hydrogen) atoms. The van der Waals surface area contributed by atoms with Crippen molar-refractivity contribution in [2.24, 2.45) is 0 Å². The first-order valence-electron chi connectivity index (χ1n) is 11.9. The molecule has 2 heterocycles. The average Bonchev–Trinajstić information content (AvgIpc) is 3.41. The van der Waals surface area contributed by atoms with Crippen LogP contribution in [0.25, 0.3) is 10.8 Å². The van der Waals surface area contributed by atoms with Crippen LogP contribution in [0.2, 0.25) is 0 Å². The van der Waals surface area contributed by atoms with Gasteiger partial charge >= 0.3 is 0 Å². The molecule has 174 valence electrons. The molecule has 1 atom stereocenters. The lowest BCUT2D eigenvalue weighted by molar-refractivity contribution is -0.118. The van der Waals surface area contributed by atoms with Crippen molar-refractivity contribution < 1.29 is 9.53 Å². The molecule has 5 rings (SSSR count). The molecule has 0 saturated carbocycles. The number of rotatable bonds is 9. The van der Waals surface area contributed by atoms with E-state index in [4.69, 9.17) is 4.74 Å². The van der Waals surface area contributed by atoms with E-state index in [0.717, 1.165) is 57.7 Å². The maximum atomic E-state index is 11.0. The molecule has 1 amide bonds. The Kier molecular flexibility index (Phi) is 6.75. The van der Waals surface area contributed by atoms with Crippen molar-refractivity contribution in [1.82, 2.24) is 14.5 Å². The van der Waals surface area contributed by atoms with Crippen molar-refractivity contribution in [2.45, 2.75) is 25.5 Å². The van der Waals surface area contributed by atoms with Gasteiger partial charge in [-0.2, -0.15) is 0 Å². The monoisotopic (exact) mass is 454 g/mol. The standard InChI is InChI=1S/C28H30N4O2/c33-22-30-16-18-32(19-17-30)25-9-12-26(13-10-25)34-27(20-31-15-14-29-21-31)11-8-24-6-3-5-23-4-1-2-7-28(23)24/h1-7,9-10,12-15,21-22,27H,8,11,16-20H2. The molecule has 1 saturated heterocycles. The number of imidazole rings is 1. The second kappa shape index (κ2) is 10.4. The summed E-state index contributed by atoms with van der Waals surface area (Å²) in [6, 6.07) is 23.4. The Balaban J connectivity index is 1.27. The van der Waals surface area contributed by atoms with E-state index in [-0.39, 0.29) is 6.10 Å². The maximum absolute atomic E-state index is 11.0. The molecule has 0 aliphatic carbocycles. The minimum absolute atomic E-state index is 0.0233. The molecule has 3 aromatic carbocycles. The van der Waals surface area contributed by atoms with Crippen LogP contribution in [0.4, 0.5) is 5.69 Å². The van der Waals surface area contributed by atoms with E-state index in [2.05, 4.69) is 81.2 Å². The third-order valence-corrected chi connectivity index (χ3v) is 6.56. The second-order valence-corrected chi connectivity index (χ2v) is 8.80. The lowest BCUT2D eigenvalue weighted by atomic mass is 9.99. The number of aromatic nitrogens is 2. The lowest BCUT2D eigenvalue weighted by Gasteiger charge is -2.34. The molecular weight excluding hydrogens is 424 g/mol. The van der Waals surface area contributed by atoms with Crippen molar-refractivity contribution in [3.63, 3.8) is 0 Å². The van der Waals surface area contributed by atoms with Crippen LogP contribution in [0.15, 0.2) is 85.5 Å². The first kappa shape index (κ1) is 22.0. The number of fused-ring (bicyclic) bond motifs is 1. The van der Waals surface area contributed by atoms with Crippen LogP contribution >= 0.6 is 0 Å². The van der Waals surface area contributed by atoms with Crippen LogP contribution in [-0.4, -0.2) is 53.1 Å². The summed E-state index contributed by atoms with van der Waals surface area (Å²) in [7, 11) is 0. The summed E-state index contributed by atoms with van der Waals surface area (Å²) in [5.41, 5.74) is 2.52. The molecule has 1 aromatic heterocycles. The summed E-state index contributed by atoms with van der Waals surface area (Å²) in [4.78, 5) is 19.3. The van der Waals surface area contributed by atoms with Crippen LogP contribution in [0, 0.1) is 0 Å². The highest BCUT2D eigenvalue weighted by atomic mass is 16.5. The number of carbonyl (C=O) groups excluding carboxylic acids is 1. The van der Waals surface area contributed by atoms with Gasteiger partial charge in [-0.15, -0.1) is 0 Å². The lowest BCUT2D eigenvalue weighted by Crippen LogP contribution is -2.45. The van der Waals surface area contributed by atoms with Gasteiger partial charge in [-0.05, 0) is 53.4 Å². The van der Waals surface area contributed by atoms with E-state index in [1.165, 1.54) is 22.0 Å². The van der Waals surface area contributed by atoms with Crippen LogP contribution in [0.3, 0.4) is 0 Å². The van der Waals surface area contributed by atoms with Crippen molar-refractivity contribution in [1.29, 1.82) is 0 Å². The molecule has 1 aliphatic heterocycles. The van der Waals surface area contributed by atoms with Crippen molar-refractivity contribution in [3.05, 3.63) is 91.0 Å². The summed E-state index contributed by atoms with van der Waals surface area (Å²) >= 11 is 0. The fourth-order valence-electron chi connectivity index (χ4n) is 4.66. The van der Waals surface area contributed by atoms with Gasteiger partial charge in [-0.3, -0.25) is 4.79 Å². The van der Waals surface area contributed by atoms with E-state index < -0.39 is 0 Å². The summed E-state index contributed by atoms with van der Waals surface area (Å²) in [6.45, 7) is 3.99. The smallest absolute Gasteiger partial charge is 0.209 e. The molecule has 1 aliphatic rings. The number of amides is 1. The predicted molar refractivity (Wildman–Crippen MR) is 135 cm³/mol. The highest BCUT2D eigenvalue weighted by Crippen LogP contribution is 2.24. The molecule has 1 fully saturated rings. The fraction of sp³-hybridized carbons (Fsp3) is 0.286. The van der Waals surface area contributed by atoms with Crippen molar-refractivity contribution in [2.75, 3.05) is 31.1 Å². The normalized spacial score (nSPS) is 14.8. The first-order chi connectivity index (χ1) is 16.8. The van der Waals surface area contributed by atoms with Gasteiger partial charge in [0.2, 0.25) is 6.41 Å². The number of hydrogen-bond donors (Lipinski definition) is 0. The number of piperazine rings is 1. The Bertz CT molecular complexity index is 1190. The zero-order valence-electron chi connectivity index (χ0n) is 19.3. The number of anilines is 1. The van der Waals surface area contributed by atoms with Gasteiger partial charge in [0.05, 0.1) is 12.9 Å². The molecule has 0 N–H and O–H groups in total. The average molecular weight is 455 g/mol. The number of hydrogen-bond acceptors (Lipinski definition) is 4. The zero-order valence-corrected chi connectivity index (χ0v) is 19.3. The molecule has 6 nitrogen and oxygen atoms in total. The molecular formula is C28H30N4O2. The van der Waals surface area contributed by atoms with Crippen LogP contribution in [0.5, 0.6) is 5.75 Å². The largest absolute Gasteiger partial charge is 0.489 e. The third kappa shape index (κ3) is 5.22. The maximum Gasteiger partial charge on any atom is 0.209 e. The molecule has 6 heteroatoms. The van der Waals surface area contributed by atoms with E-state index in [1.807, 2.05) is 17.4 Å². The van der Waals surface area contributed by atoms with Gasteiger partial charge in [-0.25, -0.2) is 4.98 Å². The molecule has 0 spiro atoms. The van der Waals surface area contributed by atoms with Gasteiger partial charge in [0.1, 0.15) is 11.9 Å². The Morgan fingerprint density at radius 2 is 1.74 bits per heavy atom. The molecule has 1 unspecified atom stereocenters. The second-order valence-electron chi connectivity index (χ2n) is 8.80. The van der Waals surface area contributed by atoms with E-state index in [1.54, 1.807) is 6.20 Å². The number of ether oxygens (including phenoxy) is 1. The SMILES string of the molecule is O=CN1CCN(c2ccc(OC(CCc3cccc4ccccc34)Cn3ccnc3)cc2)CC1. The van der Waals surface area contributed by atoms with Gasteiger partial charge in [0.25, 0.3) is 0 Å².